The summed E-state index contributed by atoms with van der Waals surface area (Å²) in [4.78, 5) is 24.3. The summed E-state index contributed by atoms with van der Waals surface area (Å²) in [5, 5.41) is 11.6. The van der Waals surface area contributed by atoms with Crippen molar-refractivity contribution in [3.8, 4) is 0 Å². The first-order valence-electron chi connectivity index (χ1n) is 8.20. The summed E-state index contributed by atoms with van der Waals surface area (Å²) in [6.45, 7) is 4.31. The van der Waals surface area contributed by atoms with Gasteiger partial charge >= 0.3 is 0 Å². The molecule has 0 radical (unpaired) electrons. The standard InChI is InChI=1S/C18H20N4O3/c1-12-16-13(2)25-21-17(16)18(24)22(20-12)11-9-15(23)19-10-8-14-6-4-3-5-7-14/h3-7H,8-11H2,1-2H3,(H,19,23). The molecule has 0 atom stereocenters. The van der Waals surface area contributed by atoms with E-state index < -0.39 is 0 Å². The molecule has 0 aliphatic rings. The van der Waals surface area contributed by atoms with Gasteiger partial charge in [0.1, 0.15) is 5.76 Å². The second-order valence-electron chi connectivity index (χ2n) is 5.91. The van der Waals surface area contributed by atoms with Crippen molar-refractivity contribution < 1.29 is 9.32 Å². The van der Waals surface area contributed by atoms with Gasteiger partial charge in [0.05, 0.1) is 17.6 Å². The number of carbonyl (C=O) groups is 1. The lowest BCUT2D eigenvalue weighted by Gasteiger charge is -2.07. The molecule has 0 saturated carbocycles. The highest BCUT2D eigenvalue weighted by Gasteiger charge is 2.15. The second kappa shape index (κ2) is 7.29. The highest BCUT2D eigenvalue weighted by atomic mass is 16.5. The number of nitrogens with one attached hydrogen (secondary N) is 1. The predicted octanol–water partition coefficient (Wildman–Crippen LogP) is 1.75. The molecule has 1 amide bonds. The van der Waals surface area contributed by atoms with E-state index in [4.69, 9.17) is 4.52 Å². The topological polar surface area (TPSA) is 90.0 Å². The molecule has 0 bridgehead atoms. The highest BCUT2D eigenvalue weighted by Crippen LogP contribution is 2.16. The minimum Gasteiger partial charge on any atom is -0.360 e. The number of carbonyl (C=O) groups excluding carboxylic acids is 1. The van der Waals surface area contributed by atoms with Crippen molar-refractivity contribution in [3.05, 3.63) is 57.7 Å². The first-order chi connectivity index (χ1) is 12.1. The number of aromatic nitrogens is 3. The van der Waals surface area contributed by atoms with Gasteiger partial charge in [0.2, 0.25) is 5.91 Å². The number of nitrogens with zero attached hydrogens (tertiary/aromatic N) is 3. The predicted molar refractivity (Wildman–Crippen MR) is 93.3 cm³/mol. The van der Waals surface area contributed by atoms with Crippen LogP contribution in [0.15, 0.2) is 39.6 Å². The monoisotopic (exact) mass is 340 g/mol. The fourth-order valence-corrected chi connectivity index (χ4v) is 2.78. The summed E-state index contributed by atoms with van der Waals surface area (Å²) in [7, 11) is 0. The average molecular weight is 340 g/mol. The summed E-state index contributed by atoms with van der Waals surface area (Å²) < 4.78 is 6.34. The molecule has 2 aromatic heterocycles. The second-order valence-corrected chi connectivity index (χ2v) is 5.91. The van der Waals surface area contributed by atoms with Gasteiger partial charge in [-0.25, -0.2) is 4.68 Å². The lowest BCUT2D eigenvalue weighted by atomic mass is 10.1. The minimum absolute atomic E-state index is 0.112. The molecule has 0 spiro atoms. The third-order valence-corrected chi connectivity index (χ3v) is 4.06. The van der Waals surface area contributed by atoms with Crippen molar-refractivity contribution in [2.24, 2.45) is 0 Å². The maximum absolute atomic E-state index is 12.4. The molecule has 3 rings (SSSR count). The summed E-state index contributed by atoms with van der Waals surface area (Å²) in [6.07, 6.45) is 0.956. The van der Waals surface area contributed by atoms with Crippen LogP contribution in [-0.2, 0) is 17.8 Å². The van der Waals surface area contributed by atoms with E-state index in [1.165, 1.54) is 10.2 Å². The van der Waals surface area contributed by atoms with Gasteiger partial charge in [0.15, 0.2) is 5.52 Å². The first kappa shape index (κ1) is 16.9. The fourth-order valence-electron chi connectivity index (χ4n) is 2.78. The van der Waals surface area contributed by atoms with Gasteiger partial charge in [0, 0.05) is 13.0 Å². The van der Waals surface area contributed by atoms with Crippen LogP contribution < -0.4 is 10.9 Å². The molecule has 130 valence electrons. The van der Waals surface area contributed by atoms with Gasteiger partial charge in [-0.3, -0.25) is 9.59 Å². The molecule has 7 heteroatoms. The molecule has 2 heterocycles. The zero-order valence-corrected chi connectivity index (χ0v) is 14.3. The van der Waals surface area contributed by atoms with E-state index in [0.717, 1.165) is 6.42 Å². The molecule has 0 aliphatic heterocycles. The maximum Gasteiger partial charge on any atom is 0.296 e. The van der Waals surface area contributed by atoms with Crippen LogP contribution in [0.25, 0.3) is 10.9 Å². The Hall–Kier alpha value is -2.96. The third kappa shape index (κ3) is 3.76. The van der Waals surface area contributed by atoms with E-state index in [0.29, 0.717) is 23.4 Å². The molecule has 0 saturated heterocycles. The summed E-state index contributed by atoms with van der Waals surface area (Å²) >= 11 is 0. The molecule has 1 aromatic carbocycles. The van der Waals surface area contributed by atoms with E-state index in [2.05, 4.69) is 15.6 Å². The van der Waals surface area contributed by atoms with Crippen molar-refractivity contribution in [2.45, 2.75) is 33.2 Å². The van der Waals surface area contributed by atoms with Crippen molar-refractivity contribution >= 4 is 16.8 Å². The van der Waals surface area contributed by atoms with E-state index in [-0.39, 0.29) is 29.9 Å². The number of hydrogen-bond donors (Lipinski definition) is 1. The Kier molecular flexibility index (Phi) is 4.92. The fraction of sp³-hybridized carbons (Fsp3) is 0.333. The molecule has 0 unspecified atom stereocenters. The zero-order valence-electron chi connectivity index (χ0n) is 14.3. The van der Waals surface area contributed by atoms with Crippen LogP contribution in [0.3, 0.4) is 0 Å². The van der Waals surface area contributed by atoms with Crippen molar-refractivity contribution in [1.82, 2.24) is 20.3 Å². The third-order valence-electron chi connectivity index (χ3n) is 4.06. The lowest BCUT2D eigenvalue weighted by molar-refractivity contribution is -0.121. The molecule has 1 N–H and O–H groups in total. The normalized spacial score (nSPS) is 11.0. The molecule has 0 aliphatic carbocycles. The SMILES string of the molecule is Cc1nn(CCC(=O)NCCc2ccccc2)c(=O)c2noc(C)c12. The van der Waals surface area contributed by atoms with Crippen LogP contribution in [0.1, 0.15) is 23.4 Å². The Bertz CT molecular complexity index is 944. The number of rotatable bonds is 6. The Balaban J connectivity index is 1.58. The van der Waals surface area contributed by atoms with Gasteiger partial charge < -0.3 is 9.84 Å². The smallest absolute Gasteiger partial charge is 0.296 e. The van der Waals surface area contributed by atoms with E-state index >= 15 is 0 Å². The Morgan fingerprint density at radius 1 is 1.24 bits per heavy atom. The Morgan fingerprint density at radius 3 is 2.76 bits per heavy atom. The average Bonchev–Trinajstić information content (AvgIpc) is 3.00. The maximum atomic E-state index is 12.4. The van der Waals surface area contributed by atoms with E-state index in [1.807, 2.05) is 30.3 Å². The van der Waals surface area contributed by atoms with Crippen LogP contribution in [0.5, 0.6) is 0 Å². The number of hydrogen-bond acceptors (Lipinski definition) is 5. The number of amides is 1. The molecular weight excluding hydrogens is 320 g/mol. The van der Waals surface area contributed by atoms with Crippen molar-refractivity contribution in [2.75, 3.05) is 6.54 Å². The van der Waals surface area contributed by atoms with Crippen molar-refractivity contribution in [3.63, 3.8) is 0 Å². The molecule has 7 nitrogen and oxygen atoms in total. The van der Waals surface area contributed by atoms with Gasteiger partial charge in [-0.05, 0) is 25.8 Å². The molecule has 25 heavy (non-hydrogen) atoms. The van der Waals surface area contributed by atoms with Crippen LogP contribution in [0.4, 0.5) is 0 Å². The largest absolute Gasteiger partial charge is 0.360 e. The van der Waals surface area contributed by atoms with Crippen LogP contribution in [0, 0.1) is 13.8 Å². The van der Waals surface area contributed by atoms with Crippen LogP contribution in [-0.4, -0.2) is 27.4 Å². The number of benzene rings is 1. The van der Waals surface area contributed by atoms with Gasteiger partial charge in [-0.15, -0.1) is 0 Å². The Labute approximate surface area is 144 Å². The van der Waals surface area contributed by atoms with Crippen LogP contribution in [0.2, 0.25) is 0 Å². The van der Waals surface area contributed by atoms with E-state index in [9.17, 15) is 9.59 Å². The summed E-state index contributed by atoms with van der Waals surface area (Å²) in [5.74, 6) is 0.460. The molecule has 3 aromatic rings. The zero-order chi connectivity index (χ0) is 17.8. The van der Waals surface area contributed by atoms with Gasteiger partial charge in [-0.1, -0.05) is 35.5 Å². The summed E-state index contributed by atoms with van der Waals surface area (Å²) in [5.41, 5.74) is 1.75. The summed E-state index contributed by atoms with van der Waals surface area (Å²) in [6, 6.07) is 9.95. The van der Waals surface area contributed by atoms with Crippen molar-refractivity contribution in [1.29, 1.82) is 0 Å². The first-order valence-corrected chi connectivity index (χ1v) is 8.20. The molecule has 0 fully saturated rings. The van der Waals surface area contributed by atoms with Gasteiger partial charge in [0.25, 0.3) is 5.56 Å². The quantitative estimate of drug-likeness (QED) is 0.738. The van der Waals surface area contributed by atoms with Crippen LogP contribution >= 0.6 is 0 Å². The number of fused-ring (bicyclic) bond motifs is 1. The van der Waals surface area contributed by atoms with E-state index in [1.54, 1.807) is 13.8 Å². The Morgan fingerprint density at radius 2 is 2.00 bits per heavy atom. The lowest BCUT2D eigenvalue weighted by Crippen LogP contribution is -2.30. The molecular formula is C18H20N4O3. The minimum atomic E-state index is -0.338. The van der Waals surface area contributed by atoms with Gasteiger partial charge in [-0.2, -0.15) is 5.10 Å². The number of aryl methyl sites for hydroxylation is 3. The highest BCUT2D eigenvalue weighted by molar-refractivity contribution is 5.81.